The number of halogens is 1. The molecule has 0 atom stereocenters. The van der Waals surface area contributed by atoms with Crippen molar-refractivity contribution in [3.8, 4) is 11.4 Å². The number of ether oxygens (including phenoxy) is 1. The molecule has 0 spiro atoms. The molecule has 0 saturated heterocycles. The van der Waals surface area contributed by atoms with Gasteiger partial charge in [0.25, 0.3) is 5.91 Å². The highest BCUT2D eigenvalue weighted by Gasteiger charge is 2.28. The molecule has 0 N–H and O–H groups in total. The predicted octanol–water partition coefficient (Wildman–Crippen LogP) is 4.56. The van der Waals surface area contributed by atoms with Gasteiger partial charge in [0.2, 0.25) is 5.90 Å². The van der Waals surface area contributed by atoms with E-state index in [0.717, 1.165) is 11.3 Å². The fourth-order valence-corrected chi connectivity index (χ4v) is 3.42. The molecule has 0 saturated carbocycles. The Balaban J connectivity index is 1.57. The molecule has 3 heterocycles. The topological polar surface area (TPSA) is 59.7 Å². The lowest BCUT2D eigenvalue weighted by Crippen LogP contribution is -2.26. The zero-order valence-corrected chi connectivity index (χ0v) is 16.1. The summed E-state index contributed by atoms with van der Waals surface area (Å²) >= 11 is 0. The van der Waals surface area contributed by atoms with Gasteiger partial charge in [-0.15, -0.1) is 0 Å². The maximum absolute atomic E-state index is 15.0. The van der Waals surface area contributed by atoms with Crippen molar-refractivity contribution in [3.05, 3.63) is 95.9 Å². The third kappa shape index (κ3) is 3.10. The largest absolute Gasteiger partial charge is 0.436 e. The van der Waals surface area contributed by atoms with E-state index in [1.165, 1.54) is 17.0 Å². The van der Waals surface area contributed by atoms with Gasteiger partial charge in [-0.05, 0) is 43.7 Å². The molecular weight excluding hydrogens is 383 g/mol. The molecule has 6 nitrogen and oxygen atoms in total. The zero-order chi connectivity index (χ0) is 20.7. The van der Waals surface area contributed by atoms with Gasteiger partial charge in [-0.25, -0.2) is 14.1 Å². The first-order valence-electron chi connectivity index (χ1n) is 9.47. The van der Waals surface area contributed by atoms with Crippen LogP contribution in [-0.2, 0) is 0 Å². The van der Waals surface area contributed by atoms with Crippen molar-refractivity contribution in [1.82, 2.24) is 9.78 Å². The Morgan fingerprint density at radius 1 is 1.17 bits per heavy atom. The summed E-state index contributed by atoms with van der Waals surface area (Å²) in [6.07, 6.45) is 7.52. The molecule has 148 valence electrons. The summed E-state index contributed by atoms with van der Waals surface area (Å²) in [5.74, 6) is -0.195. The van der Waals surface area contributed by atoms with Crippen molar-refractivity contribution in [3.63, 3.8) is 0 Å². The number of carbonyl (C=O) groups excluding carboxylic acids is 1. The van der Waals surface area contributed by atoms with Crippen LogP contribution in [0, 0.1) is 12.7 Å². The lowest BCUT2D eigenvalue weighted by atomic mass is 10.1. The third-order valence-corrected chi connectivity index (χ3v) is 4.91. The fourth-order valence-electron chi connectivity index (χ4n) is 3.42. The van der Waals surface area contributed by atoms with Gasteiger partial charge in [0.15, 0.2) is 5.75 Å². The van der Waals surface area contributed by atoms with E-state index >= 15 is 0 Å². The number of rotatable bonds is 2. The third-order valence-electron chi connectivity index (χ3n) is 4.91. The molecule has 2 aliphatic heterocycles. The number of anilines is 1. The molecule has 2 aromatic carbocycles. The smallest absolute Gasteiger partial charge is 0.265 e. The average Bonchev–Trinajstić information content (AvgIpc) is 3.11. The normalized spacial score (nSPS) is 14.8. The van der Waals surface area contributed by atoms with E-state index in [2.05, 4.69) is 10.1 Å². The van der Waals surface area contributed by atoms with Crippen molar-refractivity contribution in [2.24, 2.45) is 4.99 Å². The van der Waals surface area contributed by atoms with Gasteiger partial charge in [-0.2, -0.15) is 5.10 Å². The van der Waals surface area contributed by atoms with E-state index in [1.807, 2.05) is 25.1 Å². The van der Waals surface area contributed by atoms with Crippen LogP contribution in [0.2, 0.25) is 0 Å². The first-order chi connectivity index (χ1) is 14.6. The number of amides is 1. The number of fused-ring (bicyclic) bond motifs is 2. The number of hydrogen-bond donors (Lipinski definition) is 0. The summed E-state index contributed by atoms with van der Waals surface area (Å²) in [5, 5.41) is 4.28. The molecule has 7 heteroatoms. The minimum Gasteiger partial charge on any atom is -0.436 e. The Hall–Kier alpha value is -4.00. The highest BCUT2D eigenvalue weighted by Crippen LogP contribution is 2.35. The molecule has 0 bridgehead atoms. The Kier molecular flexibility index (Phi) is 4.28. The number of benzene rings is 2. The van der Waals surface area contributed by atoms with Crippen molar-refractivity contribution >= 4 is 17.5 Å². The van der Waals surface area contributed by atoms with Gasteiger partial charge in [0.1, 0.15) is 5.82 Å². The number of carbonyl (C=O) groups is 1. The van der Waals surface area contributed by atoms with Gasteiger partial charge in [0.05, 0.1) is 22.6 Å². The van der Waals surface area contributed by atoms with Crippen LogP contribution in [-0.4, -0.2) is 21.6 Å². The van der Waals surface area contributed by atoms with Gasteiger partial charge < -0.3 is 4.74 Å². The van der Waals surface area contributed by atoms with Crippen LogP contribution in [0.4, 0.5) is 10.1 Å². The van der Waals surface area contributed by atoms with Gasteiger partial charge in [0, 0.05) is 30.2 Å². The Labute approximate surface area is 172 Å². The Bertz CT molecular complexity index is 1260. The molecular formula is C23H17FN4O2. The van der Waals surface area contributed by atoms with E-state index in [1.54, 1.807) is 47.5 Å². The number of aliphatic imine (C=N–C) groups is 1. The second-order valence-corrected chi connectivity index (χ2v) is 6.99. The number of aryl methyl sites for hydroxylation is 1. The highest BCUT2D eigenvalue weighted by molar-refractivity contribution is 6.11. The van der Waals surface area contributed by atoms with E-state index in [-0.39, 0.29) is 5.56 Å². The first kappa shape index (κ1) is 18.1. The summed E-state index contributed by atoms with van der Waals surface area (Å²) in [7, 11) is 0. The van der Waals surface area contributed by atoms with E-state index < -0.39 is 11.7 Å². The predicted molar refractivity (Wildman–Crippen MR) is 111 cm³/mol. The summed E-state index contributed by atoms with van der Waals surface area (Å²) < 4.78 is 22.5. The number of allylic oxidation sites excluding steroid dienone is 1. The summed E-state index contributed by atoms with van der Waals surface area (Å²) in [6, 6.07) is 13.4. The maximum Gasteiger partial charge on any atom is 0.265 e. The van der Waals surface area contributed by atoms with Crippen LogP contribution in [0.5, 0.6) is 5.75 Å². The van der Waals surface area contributed by atoms with E-state index in [9.17, 15) is 9.18 Å². The number of aromatic nitrogens is 2. The standard InChI is InChI=1S/C23H17FN4O2/c1-15-10-12-28(26-15)17-8-9-18(19(24)13-17)23(29)27-14-16-5-4-11-25-22(16)30-21-7-3-2-6-20(21)27/h2-4,6-14H,5H2,1H3. The van der Waals surface area contributed by atoms with Crippen molar-refractivity contribution in [2.75, 3.05) is 4.90 Å². The monoisotopic (exact) mass is 400 g/mol. The van der Waals surface area contributed by atoms with Crippen molar-refractivity contribution in [2.45, 2.75) is 13.3 Å². The van der Waals surface area contributed by atoms with Crippen LogP contribution in [0.1, 0.15) is 22.5 Å². The van der Waals surface area contributed by atoms with Crippen molar-refractivity contribution < 1.29 is 13.9 Å². The van der Waals surface area contributed by atoms with Crippen LogP contribution >= 0.6 is 0 Å². The first-order valence-corrected chi connectivity index (χ1v) is 9.47. The van der Waals surface area contributed by atoms with E-state index in [0.29, 0.717) is 29.4 Å². The Morgan fingerprint density at radius 2 is 2.03 bits per heavy atom. The molecule has 30 heavy (non-hydrogen) atoms. The molecule has 3 aromatic rings. The minimum atomic E-state index is -0.621. The van der Waals surface area contributed by atoms with Crippen LogP contribution in [0.25, 0.3) is 5.69 Å². The maximum atomic E-state index is 15.0. The molecule has 0 fully saturated rings. The molecule has 0 unspecified atom stereocenters. The minimum absolute atomic E-state index is 0.0407. The lowest BCUT2D eigenvalue weighted by Gasteiger charge is -2.20. The number of nitrogens with zero attached hydrogens (tertiary/aromatic N) is 4. The second kappa shape index (κ2) is 7.11. The lowest BCUT2D eigenvalue weighted by molar-refractivity contribution is 0.0993. The summed E-state index contributed by atoms with van der Waals surface area (Å²) in [6.45, 7) is 1.86. The fraction of sp³-hybridized carbons (Fsp3) is 0.0870. The van der Waals surface area contributed by atoms with E-state index in [4.69, 9.17) is 4.74 Å². The molecule has 0 aliphatic carbocycles. The highest BCUT2D eigenvalue weighted by atomic mass is 19.1. The second-order valence-electron chi connectivity index (χ2n) is 6.99. The van der Waals surface area contributed by atoms with Crippen LogP contribution in [0.3, 0.4) is 0 Å². The van der Waals surface area contributed by atoms with Crippen LogP contribution in [0.15, 0.2) is 83.8 Å². The molecule has 1 amide bonds. The van der Waals surface area contributed by atoms with Crippen LogP contribution < -0.4 is 9.64 Å². The van der Waals surface area contributed by atoms with Gasteiger partial charge >= 0.3 is 0 Å². The Morgan fingerprint density at radius 3 is 2.83 bits per heavy atom. The molecule has 0 radical (unpaired) electrons. The van der Waals surface area contributed by atoms with Crippen molar-refractivity contribution in [1.29, 1.82) is 0 Å². The average molecular weight is 400 g/mol. The SMILES string of the molecule is Cc1ccn(-c2ccc(C(=O)N3C=C4CC=CN=C4Oc4ccccc43)c(F)c2)n1. The zero-order valence-electron chi connectivity index (χ0n) is 16.1. The quantitative estimate of drug-likeness (QED) is 0.634. The van der Waals surface area contributed by atoms with Gasteiger partial charge in [-0.3, -0.25) is 9.69 Å². The van der Waals surface area contributed by atoms with Gasteiger partial charge in [-0.1, -0.05) is 18.2 Å². The molecule has 2 aliphatic rings. The molecule has 1 aromatic heterocycles. The number of para-hydroxylation sites is 2. The summed E-state index contributed by atoms with van der Waals surface area (Å²) in [5.41, 5.74) is 2.59. The summed E-state index contributed by atoms with van der Waals surface area (Å²) in [4.78, 5) is 19.1. The number of hydrogen-bond acceptors (Lipinski definition) is 4. The molecule has 5 rings (SSSR count).